The Kier molecular flexibility index (Phi) is 2.63. The van der Waals surface area contributed by atoms with Gasteiger partial charge >= 0.3 is 5.97 Å². The van der Waals surface area contributed by atoms with E-state index in [1.165, 1.54) is 0 Å². The van der Waals surface area contributed by atoms with Gasteiger partial charge in [0.15, 0.2) is 17.5 Å². The lowest BCUT2D eigenvalue weighted by atomic mass is 10.1. The zero-order valence-corrected chi connectivity index (χ0v) is 8.21. The highest BCUT2D eigenvalue weighted by atomic mass is 19.2. The third-order valence-corrected chi connectivity index (χ3v) is 2.15. The average molecular weight is 242 g/mol. The summed E-state index contributed by atoms with van der Waals surface area (Å²) in [5.41, 5.74) is -0.541. The Hall–Kier alpha value is -2.24. The summed E-state index contributed by atoms with van der Waals surface area (Å²) in [6, 6.07) is 2.73. The predicted octanol–water partition coefficient (Wildman–Crippen LogP) is 3.06. The molecule has 0 radical (unpaired) electrons. The van der Waals surface area contributed by atoms with Crippen molar-refractivity contribution < 1.29 is 27.5 Å². The molecule has 0 aliphatic rings. The maximum atomic E-state index is 13.3. The number of hydrogen-bond donors (Lipinski definition) is 1. The lowest BCUT2D eigenvalue weighted by Crippen LogP contribution is -1.94. The molecule has 1 heterocycles. The number of aromatic carboxylic acids is 1. The Morgan fingerprint density at radius 2 is 1.88 bits per heavy atom. The Bertz CT molecular complexity index is 590. The van der Waals surface area contributed by atoms with Crippen LogP contribution in [-0.2, 0) is 0 Å². The molecule has 0 bridgehead atoms. The number of halogens is 3. The molecule has 1 aromatic carbocycles. The zero-order chi connectivity index (χ0) is 12.6. The first-order chi connectivity index (χ1) is 8.00. The van der Waals surface area contributed by atoms with Crippen LogP contribution in [0, 0.1) is 17.5 Å². The fourth-order valence-corrected chi connectivity index (χ4v) is 1.31. The van der Waals surface area contributed by atoms with Gasteiger partial charge in [-0.3, -0.25) is 0 Å². The molecule has 0 atom stereocenters. The number of carboxylic acid groups (broad SMARTS) is 1. The maximum absolute atomic E-state index is 13.3. The minimum Gasteiger partial charge on any atom is -0.478 e. The van der Waals surface area contributed by atoms with E-state index in [1.54, 1.807) is 0 Å². The van der Waals surface area contributed by atoms with E-state index in [0.717, 1.165) is 24.5 Å². The molecule has 3 nitrogen and oxygen atoms in total. The van der Waals surface area contributed by atoms with E-state index in [2.05, 4.69) is 0 Å². The van der Waals surface area contributed by atoms with Crippen LogP contribution >= 0.6 is 0 Å². The lowest BCUT2D eigenvalue weighted by molar-refractivity contribution is 0.0696. The van der Waals surface area contributed by atoms with Crippen molar-refractivity contribution in [3.05, 3.63) is 47.5 Å². The van der Waals surface area contributed by atoms with E-state index in [4.69, 9.17) is 9.52 Å². The van der Waals surface area contributed by atoms with Gasteiger partial charge in [-0.2, -0.15) is 0 Å². The summed E-state index contributed by atoms with van der Waals surface area (Å²) >= 11 is 0. The first kappa shape index (κ1) is 11.3. The van der Waals surface area contributed by atoms with Crippen molar-refractivity contribution in [3.63, 3.8) is 0 Å². The largest absolute Gasteiger partial charge is 0.478 e. The third kappa shape index (κ3) is 1.89. The normalized spacial score (nSPS) is 10.5. The predicted molar refractivity (Wildman–Crippen MR) is 51.0 cm³/mol. The highest BCUT2D eigenvalue weighted by Gasteiger charge is 2.18. The number of carboxylic acids is 1. The van der Waals surface area contributed by atoms with Crippen LogP contribution in [0.25, 0.3) is 11.3 Å². The average Bonchev–Trinajstić information content (AvgIpc) is 2.75. The molecule has 17 heavy (non-hydrogen) atoms. The molecular weight excluding hydrogens is 237 g/mol. The van der Waals surface area contributed by atoms with Crippen LogP contribution in [0.3, 0.4) is 0 Å². The van der Waals surface area contributed by atoms with Gasteiger partial charge in [-0.1, -0.05) is 0 Å². The molecule has 0 aliphatic heterocycles. The Labute approximate surface area is 93.1 Å². The first-order valence-electron chi connectivity index (χ1n) is 4.46. The molecule has 0 saturated carbocycles. The third-order valence-electron chi connectivity index (χ3n) is 2.15. The highest BCUT2D eigenvalue weighted by molar-refractivity contribution is 5.88. The zero-order valence-electron chi connectivity index (χ0n) is 8.21. The molecule has 1 aromatic heterocycles. The Morgan fingerprint density at radius 1 is 1.18 bits per heavy atom. The van der Waals surface area contributed by atoms with Gasteiger partial charge in [0, 0.05) is 0 Å². The maximum Gasteiger partial charge on any atom is 0.338 e. The van der Waals surface area contributed by atoms with E-state index >= 15 is 0 Å². The highest BCUT2D eigenvalue weighted by Crippen LogP contribution is 2.27. The number of rotatable bonds is 2. The van der Waals surface area contributed by atoms with Crippen molar-refractivity contribution in [2.45, 2.75) is 0 Å². The van der Waals surface area contributed by atoms with Crippen LogP contribution in [-0.4, -0.2) is 11.1 Å². The van der Waals surface area contributed by atoms with Gasteiger partial charge in [0.2, 0.25) is 0 Å². The van der Waals surface area contributed by atoms with Crippen molar-refractivity contribution in [1.82, 2.24) is 0 Å². The number of carbonyl (C=O) groups is 1. The van der Waals surface area contributed by atoms with E-state index in [9.17, 15) is 18.0 Å². The van der Waals surface area contributed by atoms with Gasteiger partial charge < -0.3 is 9.52 Å². The van der Waals surface area contributed by atoms with Gasteiger partial charge in [0.1, 0.15) is 12.0 Å². The molecule has 0 spiro atoms. The molecule has 2 aromatic rings. The Morgan fingerprint density at radius 3 is 2.47 bits per heavy atom. The van der Waals surface area contributed by atoms with E-state index in [-0.39, 0.29) is 16.9 Å². The van der Waals surface area contributed by atoms with Gasteiger partial charge in [-0.25, -0.2) is 18.0 Å². The van der Waals surface area contributed by atoms with Gasteiger partial charge in [0.25, 0.3) is 0 Å². The van der Waals surface area contributed by atoms with Crippen LogP contribution in [0.5, 0.6) is 0 Å². The minimum atomic E-state index is -1.63. The summed E-state index contributed by atoms with van der Waals surface area (Å²) in [5.74, 6) is -5.81. The van der Waals surface area contributed by atoms with Crippen LogP contribution in [0.2, 0.25) is 0 Å². The van der Waals surface area contributed by atoms with Crippen molar-refractivity contribution in [2.24, 2.45) is 0 Å². The summed E-state index contributed by atoms with van der Waals surface area (Å²) in [6.45, 7) is 0. The second-order valence-corrected chi connectivity index (χ2v) is 3.23. The molecule has 0 saturated heterocycles. The smallest absolute Gasteiger partial charge is 0.338 e. The van der Waals surface area contributed by atoms with Crippen molar-refractivity contribution in [1.29, 1.82) is 0 Å². The summed E-state index contributed by atoms with van der Waals surface area (Å²) in [7, 11) is 0. The second kappa shape index (κ2) is 3.97. The molecule has 0 aliphatic carbocycles. The number of benzene rings is 1. The molecule has 0 unspecified atom stereocenters. The summed E-state index contributed by atoms with van der Waals surface area (Å²) in [5, 5.41) is 8.63. The van der Waals surface area contributed by atoms with E-state index in [1.807, 2.05) is 0 Å². The van der Waals surface area contributed by atoms with Crippen molar-refractivity contribution in [2.75, 3.05) is 0 Å². The summed E-state index contributed by atoms with van der Waals surface area (Å²) in [6.07, 6.45) is 0.887. The molecular formula is C11H5F3O3. The topological polar surface area (TPSA) is 50.4 Å². The van der Waals surface area contributed by atoms with Gasteiger partial charge in [-0.05, 0) is 18.2 Å². The quantitative estimate of drug-likeness (QED) is 0.823. The van der Waals surface area contributed by atoms with Gasteiger partial charge in [0.05, 0.1) is 11.1 Å². The molecule has 6 heteroatoms. The first-order valence-corrected chi connectivity index (χ1v) is 4.46. The van der Waals surface area contributed by atoms with Crippen molar-refractivity contribution in [3.8, 4) is 11.3 Å². The summed E-state index contributed by atoms with van der Waals surface area (Å²) < 4.78 is 43.7. The monoisotopic (exact) mass is 242 g/mol. The molecule has 1 N–H and O–H groups in total. The van der Waals surface area contributed by atoms with Gasteiger partial charge in [-0.15, -0.1) is 0 Å². The molecule has 0 amide bonds. The lowest BCUT2D eigenvalue weighted by Gasteiger charge is -2.00. The standard InChI is InChI=1S/C11H5F3O3/c12-7-2-1-6(9(13)10(7)14)8-3-5(4-17-8)11(15)16/h1-4H,(H,15,16). The summed E-state index contributed by atoms with van der Waals surface area (Å²) in [4.78, 5) is 10.6. The number of hydrogen-bond acceptors (Lipinski definition) is 2. The Balaban J connectivity index is 2.53. The number of furan rings is 1. The second-order valence-electron chi connectivity index (χ2n) is 3.23. The van der Waals surface area contributed by atoms with Crippen molar-refractivity contribution >= 4 is 5.97 Å². The van der Waals surface area contributed by atoms with Crippen LogP contribution in [0.4, 0.5) is 13.2 Å². The molecule has 0 fully saturated rings. The molecule has 2 rings (SSSR count). The minimum absolute atomic E-state index is 0.182. The van der Waals surface area contributed by atoms with E-state index < -0.39 is 23.4 Å². The SMILES string of the molecule is O=C(O)c1coc(-c2ccc(F)c(F)c2F)c1. The fourth-order valence-electron chi connectivity index (χ4n) is 1.31. The van der Waals surface area contributed by atoms with Crippen LogP contribution < -0.4 is 0 Å². The molecule has 88 valence electrons. The van der Waals surface area contributed by atoms with Crippen LogP contribution in [0.15, 0.2) is 28.9 Å². The van der Waals surface area contributed by atoms with Crippen LogP contribution in [0.1, 0.15) is 10.4 Å². The van der Waals surface area contributed by atoms with E-state index in [0.29, 0.717) is 0 Å². The fraction of sp³-hybridized carbons (Fsp3) is 0.